The number of nitrogens with zero attached hydrogens (tertiary/aromatic N) is 2. The summed E-state index contributed by atoms with van der Waals surface area (Å²) in [6.07, 6.45) is 0.884. The summed E-state index contributed by atoms with van der Waals surface area (Å²) in [4.78, 5) is 29.7. The van der Waals surface area contributed by atoms with E-state index in [1.54, 1.807) is 0 Å². The molecule has 1 aliphatic rings. The summed E-state index contributed by atoms with van der Waals surface area (Å²) in [5, 5.41) is 4.87. The van der Waals surface area contributed by atoms with E-state index in [1.807, 2.05) is 53.6 Å². The monoisotopic (exact) mass is 357 g/mol. The van der Waals surface area contributed by atoms with E-state index in [-0.39, 0.29) is 11.8 Å². The number of rotatable bonds is 4. The fraction of sp³-hybridized carbons (Fsp3) is 0.368. The highest BCUT2D eigenvalue weighted by Gasteiger charge is 2.23. The number of thiophene rings is 1. The topological polar surface area (TPSA) is 52.7 Å². The highest BCUT2D eigenvalue weighted by Crippen LogP contribution is 2.19. The Hall–Kier alpha value is -2.18. The standard InChI is InChI=1S/C19H23N3O2S/c1-15-8-13-25-18(15)19(24)22-10-5-9-21(11-12-22)14-17(23)20-16-6-3-2-4-7-16/h2-4,6-8,13H,5,9-12,14H2,1H3,(H,20,23). The van der Waals surface area contributed by atoms with E-state index >= 15 is 0 Å². The van der Waals surface area contributed by atoms with Gasteiger partial charge in [0.15, 0.2) is 0 Å². The zero-order valence-corrected chi connectivity index (χ0v) is 15.2. The van der Waals surface area contributed by atoms with E-state index in [0.29, 0.717) is 13.1 Å². The van der Waals surface area contributed by atoms with Crippen LogP contribution >= 0.6 is 11.3 Å². The van der Waals surface area contributed by atoms with Crippen molar-refractivity contribution in [1.82, 2.24) is 9.80 Å². The first-order valence-electron chi connectivity index (χ1n) is 8.54. The number of nitrogens with one attached hydrogen (secondary N) is 1. The zero-order valence-electron chi connectivity index (χ0n) is 14.4. The van der Waals surface area contributed by atoms with Crippen LogP contribution in [0.3, 0.4) is 0 Å². The molecule has 132 valence electrons. The molecule has 0 unspecified atom stereocenters. The third-order valence-corrected chi connectivity index (χ3v) is 5.36. The molecule has 2 amide bonds. The van der Waals surface area contributed by atoms with Gasteiger partial charge < -0.3 is 10.2 Å². The zero-order chi connectivity index (χ0) is 17.6. The number of carbonyl (C=O) groups is 2. The number of para-hydroxylation sites is 1. The Labute approximate surface area is 152 Å². The van der Waals surface area contributed by atoms with Gasteiger partial charge in [-0.25, -0.2) is 0 Å². The molecule has 0 atom stereocenters. The van der Waals surface area contributed by atoms with Gasteiger partial charge in [0.1, 0.15) is 0 Å². The van der Waals surface area contributed by atoms with Crippen molar-refractivity contribution < 1.29 is 9.59 Å². The molecule has 1 aliphatic heterocycles. The molecule has 25 heavy (non-hydrogen) atoms. The van der Waals surface area contributed by atoms with Crippen molar-refractivity contribution in [3.8, 4) is 0 Å². The molecule has 1 aromatic heterocycles. The van der Waals surface area contributed by atoms with Gasteiger partial charge in [0.2, 0.25) is 5.91 Å². The van der Waals surface area contributed by atoms with Crippen LogP contribution < -0.4 is 5.32 Å². The Morgan fingerprint density at radius 3 is 2.60 bits per heavy atom. The lowest BCUT2D eigenvalue weighted by Gasteiger charge is -2.21. The first-order valence-corrected chi connectivity index (χ1v) is 9.42. The Kier molecular flexibility index (Phi) is 5.83. The van der Waals surface area contributed by atoms with Gasteiger partial charge in [0.25, 0.3) is 5.91 Å². The van der Waals surface area contributed by atoms with Crippen LogP contribution in [0.25, 0.3) is 0 Å². The summed E-state index contributed by atoms with van der Waals surface area (Å²) in [5.74, 6) is 0.100. The average Bonchev–Trinajstić information content (AvgIpc) is 2.89. The molecule has 1 fully saturated rings. The van der Waals surface area contributed by atoms with Crippen molar-refractivity contribution in [2.75, 3.05) is 38.0 Å². The second-order valence-corrected chi connectivity index (χ2v) is 7.18. The van der Waals surface area contributed by atoms with Crippen LogP contribution in [0.1, 0.15) is 21.7 Å². The Morgan fingerprint density at radius 1 is 1.08 bits per heavy atom. The van der Waals surface area contributed by atoms with Crippen molar-refractivity contribution >= 4 is 28.8 Å². The van der Waals surface area contributed by atoms with Gasteiger partial charge in [-0.2, -0.15) is 0 Å². The molecule has 0 aliphatic carbocycles. The van der Waals surface area contributed by atoms with Gasteiger partial charge in [-0.15, -0.1) is 11.3 Å². The number of anilines is 1. The molecular weight excluding hydrogens is 334 g/mol. The number of carbonyl (C=O) groups excluding carboxylic acids is 2. The van der Waals surface area contributed by atoms with E-state index in [1.165, 1.54) is 11.3 Å². The van der Waals surface area contributed by atoms with Crippen molar-refractivity contribution in [3.63, 3.8) is 0 Å². The highest BCUT2D eigenvalue weighted by molar-refractivity contribution is 7.12. The molecule has 0 radical (unpaired) electrons. The van der Waals surface area contributed by atoms with Crippen molar-refractivity contribution in [3.05, 3.63) is 52.2 Å². The summed E-state index contributed by atoms with van der Waals surface area (Å²) in [6, 6.07) is 11.5. The first-order chi connectivity index (χ1) is 12.1. The fourth-order valence-corrected chi connectivity index (χ4v) is 3.88. The van der Waals surface area contributed by atoms with Crippen LogP contribution in [0, 0.1) is 6.92 Å². The van der Waals surface area contributed by atoms with Gasteiger partial charge in [-0.3, -0.25) is 14.5 Å². The third kappa shape index (κ3) is 4.67. The minimum atomic E-state index is -0.0138. The number of hydrogen-bond donors (Lipinski definition) is 1. The smallest absolute Gasteiger partial charge is 0.264 e. The molecule has 0 spiro atoms. The number of benzene rings is 1. The second kappa shape index (κ2) is 8.27. The number of aryl methyl sites for hydroxylation is 1. The van der Waals surface area contributed by atoms with Crippen LogP contribution in [0.5, 0.6) is 0 Å². The Morgan fingerprint density at radius 2 is 1.88 bits per heavy atom. The largest absolute Gasteiger partial charge is 0.337 e. The molecule has 1 N–H and O–H groups in total. The van der Waals surface area contributed by atoms with Crippen molar-refractivity contribution in [2.45, 2.75) is 13.3 Å². The maximum atomic E-state index is 12.6. The number of amides is 2. The summed E-state index contributed by atoms with van der Waals surface area (Å²) >= 11 is 1.50. The van der Waals surface area contributed by atoms with E-state index < -0.39 is 0 Å². The molecular formula is C19H23N3O2S. The maximum absolute atomic E-state index is 12.6. The van der Waals surface area contributed by atoms with E-state index in [9.17, 15) is 9.59 Å². The quantitative estimate of drug-likeness (QED) is 0.915. The normalized spacial score (nSPS) is 15.6. The fourth-order valence-electron chi connectivity index (χ4n) is 2.99. The van der Waals surface area contributed by atoms with E-state index in [2.05, 4.69) is 10.2 Å². The third-order valence-electron chi connectivity index (χ3n) is 4.36. The minimum Gasteiger partial charge on any atom is -0.337 e. The van der Waals surface area contributed by atoms with Gasteiger partial charge in [0.05, 0.1) is 11.4 Å². The van der Waals surface area contributed by atoms with E-state index in [0.717, 1.165) is 42.2 Å². The van der Waals surface area contributed by atoms with Gasteiger partial charge >= 0.3 is 0 Å². The highest BCUT2D eigenvalue weighted by atomic mass is 32.1. The van der Waals surface area contributed by atoms with Crippen LogP contribution in [0.4, 0.5) is 5.69 Å². The summed E-state index contributed by atoms with van der Waals surface area (Å²) in [5.41, 5.74) is 1.85. The van der Waals surface area contributed by atoms with Crippen LogP contribution in [0.2, 0.25) is 0 Å². The van der Waals surface area contributed by atoms with Crippen LogP contribution in [-0.2, 0) is 4.79 Å². The van der Waals surface area contributed by atoms with Gasteiger partial charge in [-0.05, 0) is 42.5 Å². The Balaban J connectivity index is 1.52. The summed E-state index contributed by atoms with van der Waals surface area (Å²) < 4.78 is 0. The van der Waals surface area contributed by atoms with Crippen molar-refractivity contribution in [1.29, 1.82) is 0 Å². The minimum absolute atomic E-state index is 0.0138. The molecule has 1 saturated heterocycles. The molecule has 3 rings (SSSR count). The Bertz CT molecular complexity index is 729. The SMILES string of the molecule is Cc1ccsc1C(=O)N1CCCN(CC(=O)Nc2ccccc2)CC1. The predicted octanol–water partition coefficient (Wildman–Crippen LogP) is 2.84. The predicted molar refractivity (Wildman–Crippen MR) is 101 cm³/mol. The lowest BCUT2D eigenvalue weighted by molar-refractivity contribution is -0.117. The van der Waals surface area contributed by atoms with Gasteiger partial charge in [0, 0.05) is 31.9 Å². The molecule has 0 saturated carbocycles. The lowest BCUT2D eigenvalue weighted by atomic mass is 10.2. The molecule has 5 nitrogen and oxygen atoms in total. The molecule has 2 heterocycles. The van der Waals surface area contributed by atoms with Crippen molar-refractivity contribution in [2.24, 2.45) is 0 Å². The van der Waals surface area contributed by atoms with Crippen LogP contribution in [0.15, 0.2) is 41.8 Å². The average molecular weight is 357 g/mol. The second-order valence-electron chi connectivity index (χ2n) is 6.27. The summed E-state index contributed by atoms with van der Waals surface area (Å²) in [6.45, 7) is 5.28. The maximum Gasteiger partial charge on any atom is 0.264 e. The molecule has 6 heteroatoms. The molecule has 2 aromatic rings. The van der Waals surface area contributed by atoms with Gasteiger partial charge in [-0.1, -0.05) is 18.2 Å². The first kappa shape index (κ1) is 17.6. The summed E-state index contributed by atoms with van der Waals surface area (Å²) in [7, 11) is 0. The number of hydrogen-bond acceptors (Lipinski definition) is 4. The van der Waals surface area contributed by atoms with E-state index in [4.69, 9.17) is 0 Å². The lowest BCUT2D eigenvalue weighted by Crippen LogP contribution is -2.38. The van der Waals surface area contributed by atoms with Crippen LogP contribution in [-0.4, -0.2) is 54.3 Å². The molecule has 1 aromatic carbocycles. The molecule has 0 bridgehead atoms.